The number of hydrogen-bond donors (Lipinski definition) is 3. The molecule has 0 atom stereocenters. The van der Waals surface area contributed by atoms with Crippen LogP contribution < -0.4 is 22.5 Å². The van der Waals surface area contributed by atoms with E-state index in [0.29, 0.717) is 0 Å². The van der Waals surface area contributed by atoms with Crippen molar-refractivity contribution in [2.24, 2.45) is 11.7 Å². The van der Waals surface area contributed by atoms with Crippen molar-refractivity contribution in [3.8, 4) is 11.1 Å². The van der Waals surface area contributed by atoms with Gasteiger partial charge in [-0.3, -0.25) is 0 Å². The minimum atomic E-state index is 0. The van der Waals surface area contributed by atoms with E-state index in [2.05, 4.69) is 0 Å². The molecule has 5 heteroatoms. The number of hydrazine groups is 2. The monoisotopic (exact) mass is 250 g/mol. The van der Waals surface area contributed by atoms with E-state index in [1.54, 1.807) is 0 Å². The van der Waals surface area contributed by atoms with Crippen molar-refractivity contribution >= 4 is 23.8 Å². The molecule has 0 bridgehead atoms. The maximum atomic E-state index is 5.63. The third-order valence-electron chi connectivity index (χ3n) is 2.41. The zero-order valence-electron chi connectivity index (χ0n) is 9.21. The Bertz CT molecular complexity index is 465. The van der Waals surface area contributed by atoms with E-state index in [-0.39, 0.29) is 12.4 Å². The lowest BCUT2D eigenvalue weighted by Crippen LogP contribution is -2.37. The van der Waals surface area contributed by atoms with Crippen molar-refractivity contribution in [3.63, 3.8) is 0 Å². The number of nitrogens with zero attached hydrogens (tertiary/aromatic N) is 1. The van der Waals surface area contributed by atoms with E-state index in [9.17, 15) is 0 Å². The average Bonchev–Trinajstić information content (AvgIpc) is 2.30. The Balaban J connectivity index is 0.00000144. The molecular weight excluding hydrogens is 236 g/mol. The van der Waals surface area contributed by atoms with E-state index in [1.807, 2.05) is 48.5 Å². The molecule has 0 unspecified atom stereocenters. The lowest BCUT2D eigenvalue weighted by Gasteiger charge is -2.11. The lowest BCUT2D eigenvalue weighted by molar-refractivity contribution is 0.925. The molecule has 2 rings (SSSR count). The summed E-state index contributed by atoms with van der Waals surface area (Å²) in [4.78, 5) is 0. The highest BCUT2D eigenvalue weighted by atomic mass is 35.5. The molecule has 0 saturated carbocycles. The first-order valence-electron chi connectivity index (χ1n) is 4.92. The van der Waals surface area contributed by atoms with Crippen molar-refractivity contribution in [1.29, 1.82) is 0 Å². The quantitative estimate of drug-likeness (QED) is 0.432. The van der Waals surface area contributed by atoms with Crippen molar-refractivity contribution < 1.29 is 0 Å². The van der Waals surface area contributed by atoms with Gasteiger partial charge in [-0.2, -0.15) is 0 Å². The van der Waals surface area contributed by atoms with Crippen LogP contribution >= 0.6 is 12.4 Å². The fraction of sp³-hybridized carbons (Fsp3) is 0. The lowest BCUT2D eigenvalue weighted by atomic mass is 10.1. The van der Waals surface area contributed by atoms with Gasteiger partial charge in [0.05, 0.1) is 5.69 Å². The molecule has 17 heavy (non-hydrogen) atoms. The maximum Gasteiger partial charge on any atom is 0.0697 e. The number of halogens is 1. The Morgan fingerprint density at radius 1 is 0.706 bits per heavy atom. The molecule has 0 aliphatic rings. The maximum absolute atomic E-state index is 5.63. The third kappa shape index (κ3) is 3.10. The second-order valence-electron chi connectivity index (χ2n) is 3.58. The second-order valence-corrected chi connectivity index (χ2v) is 3.58. The minimum absolute atomic E-state index is 0. The van der Waals surface area contributed by atoms with Gasteiger partial charge in [0.15, 0.2) is 0 Å². The molecular formula is C12H15ClN4. The first-order chi connectivity index (χ1) is 7.66. The van der Waals surface area contributed by atoms with Crippen LogP contribution in [0.5, 0.6) is 0 Å². The molecule has 0 heterocycles. The summed E-state index contributed by atoms with van der Waals surface area (Å²) in [6, 6.07) is 15.4. The minimum Gasteiger partial charge on any atom is -0.399 e. The topological polar surface area (TPSA) is 81.3 Å². The van der Waals surface area contributed by atoms with Crippen LogP contribution in [-0.2, 0) is 0 Å². The van der Waals surface area contributed by atoms with Crippen LogP contribution in [0.2, 0.25) is 0 Å². The third-order valence-corrected chi connectivity index (χ3v) is 2.41. The van der Waals surface area contributed by atoms with Crippen LogP contribution in [-0.4, -0.2) is 0 Å². The highest BCUT2D eigenvalue weighted by Crippen LogP contribution is 2.22. The van der Waals surface area contributed by atoms with Crippen LogP contribution in [0.1, 0.15) is 0 Å². The smallest absolute Gasteiger partial charge is 0.0697 e. The highest BCUT2D eigenvalue weighted by molar-refractivity contribution is 5.85. The van der Waals surface area contributed by atoms with Crippen molar-refractivity contribution in [3.05, 3.63) is 48.5 Å². The summed E-state index contributed by atoms with van der Waals surface area (Å²) >= 11 is 0. The second kappa shape index (κ2) is 5.54. The Morgan fingerprint density at radius 3 is 1.53 bits per heavy atom. The van der Waals surface area contributed by atoms with Gasteiger partial charge in [-0.1, -0.05) is 24.3 Å². The first-order valence-corrected chi connectivity index (χ1v) is 4.92. The largest absolute Gasteiger partial charge is 0.399 e. The van der Waals surface area contributed by atoms with Crippen LogP contribution in [0, 0.1) is 0 Å². The zero-order valence-corrected chi connectivity index (χ0v) is 10.0. The Hall–Kier alpha value is -1.75. The fourth-order valence-electron chi connectivity index (χ4n) is 1.50. The number of nitrogen functional groups attached to an aromatic ring is 1. The number of rotatable bonds is 2. The van der Waals surface area contributed by atoms with E-state index in [1.165, 1.54) is 0 Å². The molecule has 0 amide bonds. The summed E-state index contributed by atoms with van der Waals surface area (Å²) in [6.45, 7) is 0. The van der Waals surface area contributed by atoms with Crippen LogP contribution in [0.3, 0.4) is 0 Å². The van der Waals surface area contributed by atoms with E-state index in [4.69, 9.17) is 17.4 Å². The number of nitrogens with two attached hydrogens (primary N) is 3. The summed E-state index contributed by atoms with van der Waals surface area (Å²) in [5, 5.41) is 1.09. The van der Waals surface area contributed by atoms with Crippen LogP contribution in [0.15, 0.2) is 48.5 Å². The van der Waals surface area contributed by atoms with E-state index >= 15 is 0 Å². The van der Waals surface area contributed by atoms with Gasteiger partial charge >= 0.3 is 0 Å². The standard InChI is InChI=1S/C12H14N4.ClH/c13-11-5-1-9(2-6-11)10-3-7-12(8-4-10)16(14)15;/h1-8H,13-15H2;1H. The predicted molar refractivity (Wildman–Crippen MR) is 74.4 cm³/mol. The van der Waals surface area contributed by atoms with Gasteiger partial charge in [-0.25, -0.2) is 16.8 Å². The Kier molecular flexibility index (Phi) is 4.34. The molecule has 2 aromatic carbocycles. The average molecular weight is 251 g/mol. The first kappa shape index (κ1) is 13.3. The molecule has 0 aliphatic carbocycles. The summed E-state index contributed by atoms with van der Waals surface area (Å²) in [5.41, 5.74) is 9.37. The molecule has 0 aliphatic heterocycles. The van der Waals surface area contributed by atoms with Gasteiger partial charge in [0.2, 0.25) is 0 Å². The molecule has 4 nitrogen and oxygen atoms in total. The summed E-state index contributed by atoms with van der Waals surface area (Å²) in [5.74, 6) is 10.8. The predicted octanol–water partition coefficient (Wildman–Crippen LogP) is 1.91. The molecule has 0 saturated heterocycles. The van der Waals surface area contributed by atoms with E-state index < -0.39 is 0 Å². The van der Waals surface area contributed by atoms with Crippen molar-refractivity contribution in [2.45, 2.75) is 0 Å². The van der Waals surface area contributed by atoms with Gasteiger partial charge in [0.1, 0.15) is 0 Å². The number of anilines is 2. The van der Waals surface area contributed by atoms with Crippen LogP contribution in [0.4, 0.5) is 11.4 Å². The molecule has 0 fully saturated rings. The Labute approximate surface area is 106 Å². The highest BCUT2D eigenvalue weighted by Gasteiger charge is 1.99. The van der Waals surface area contributed by atoms with Gasteiger partial charge in [-0.15, -0.1) is 12.4 Å². The number of hydrogen-bond acceptors (Lipinski definition) is 4. The molecule has 2 aromatic rings. The van der Waals surface area contributed by atoms with Crippen molar-refractivity contribution in [1.82, 2.24) is 0 Å². The summed E-state index contributed by atoms with van der Waals surface area (Å²) in [7, 11) is 0. The normalized spacial score (nSPS) is 9.53. The van der Waals surface area contributed by atoms with Crippen LogP contribution in [0.25, 0.3) is 11.1 Å². The number of benzene rings is 2. The van der Waals surface area contributed by atoms with E-state index in [0.717, 1.165) is 27.6 Å². The summed E-state index contributed by atoms with van der Waals surface area (Å²) in [6.07, 6.45) is 0. The molecule has 6 N–H and O–H groups in total. The van der Waals surface area contributed by atoms with Gasteiger partial charge in [-0.05, 0) is 35.4 Å². The molecule has 0 radical (unpaired) electrons. The molecule has 0 aromatic heterocycles. The summed E-state index contributed by atoms with van der Waals surface area (Å²) < 4.78 is 0. The SMILES string of the molecule is Cl.Nc1ccc(-c2ccc(N(N)N)cc2)cc1. The van der Waals surface area contributed by atoms with Gasteiger partial charge in [0.25, 0.3) is 0 Å². The van der Waals surface area contributed by atoms with Gasteiger partial charge in [0, 0.05) is 5.69 Å². The molecule has 0 spiro atoms. The van der Waals surface area contributed by atoms with Gasteiger partial charge < -0.3 is 5.73 Å². The zero-order chi connectivity index (χ0) is 11.5. The fourth-order valence-corrected chi connectivity index (χ4v) is 1.50. The molecule has 90 valence electrons. The van der Waals surface area contributed by atoms with Crippen molar-refractivity contribution in [2.75, 3.05) is 10.9 Å². The Morgan fingerprint density at radius 2 is 1.12 bits per heavy atom.